The summed E-state index contributed by atoms with van der Waals surface area (Å²) < 4.78 is 0. The monoisotopic (exact) mass is 160 g/mol. The largest absolute Gasteiger partial charge is 0.391 e. The van der Waals surface area contributed by atoms with Crippen molar-refractivity contribution in [2.75, 3.05) is 0 Å². The Morgan fingerprint density at radius 3 is 2.27 bits per heavy atom. The Kier molecular flexibility index (Phi) is 3.70. The van der Waals surface area contributed by atoms with Gasteiger partial charge in [0.1, 0.15) is 6.04 Å². The van der Waals surface area contributed by atoms with Crippen LogP contribution in [0.3, 0.4) is 0 Å². The molecule has 64 valence electrons. The van der Waals surface area contributed by atoms with Crippen molar-refractivity contribution in [1.29, 1.82) is 0 Å². The molecule has 0 saturated carbocycles. The molecule has 0 aromatic rings. The predicted molar refractivity (Wildman–Crippen MR) is 38.5 cm³/mol. The minimum absolute atomic E-state index is 0.480. The standard InChI is InChI=1S/C6H12N2O3/c1-3(9)5(7)6(11)8-4(2)10/h3,5,9H,7H2,1-2H3,(H,8,10,11)/t3-,5+/m1/s1. The fraction of sp³-hybridized carbons (Fsp3) is 0.667. The van der Waals surface area contributed by atoms with Crippen LogP contribution in [0.15, 0.2) is 0 Å². The van der Waals surface area contributed by atoms with Crippen LogP contribution in [-0.2, 0) is 9.59 Å². The second-order valence-corrected chi connectivity index (χ2v) is 2.31. The summed E-state index contributed by atoms with van der Waals surface area (Å²) >= 11 is 0. The molecule has 5 nitrogen and oxygen atoms in total. The lowest BCUT2D eigenvalue weighted by atomic mass is 10.2. The number of rotatable bonds is 2. The number of nitrogens with two attached hydrogens (primary N) is 1. The number of carbonyl (C=O) groups is 2. The lowest BCUT2D eigenvalue weighted by molar-refractivity contribution is -0.131. The van der Waals surface area contributed by atoms with E-state index in [1.807, 2.05) is 5.32 Å². The number of nitrogens with one attached hydrogen (secondary N) is 1. The smallest absolute Gasteiger partial charge is 0.246 e. The first kappa shape index (κ1) is 10.1. The molecule has 0 aliphatic heterocycles. The minimum Gasteiger partial charge on any atom is -0.391 e. The number of hydrogen-bond donors (Lipinski definition) is 3. The molecule has 0 unspecified atom stereocenters. The number of carbonyl (C=O) groups excluding carboxylic acids is 2. The number of imide groups is 1. The van der Waals surface area contributed by atoms with Crippen molar-refractivity contribution < 1.29 is 14.7 Å². The molecule has 0 radical (unpaired) electrons. The fourth-order valence-corrected chi connectivity index (χ4v) is 0.476. The van der Waals surface area contributed by atoms with E-state index in [4.69, 9.17) is 10.8 Å². The molecule has 0 aliphatic carbocycles. The van der Waals surface area contributed by atoms with Gasteiger partial charge in [0, 0.05) is 6.92 Å². The van der Waals surface area contributed by atoms with E-state index in [1.165, 1.54) is 13.8 Å². The van der Waals surface area contributed by atoms with Crippen LogP contribution in [0.5, 0.6) is 0 Å². The highest BCUT2D eigenvalue weighted by atomic mass is 16.3. The second-order valence-electron chi connectivity index (χ2n) is 2.31. The Morgan fingerprint density at radius 1 is 1.55 bits per heavy atom. The van der Waals surface area contributed by atoms with Gasteiger partial charge in [-0.15, -0.1) is 0 Å². The summed E-state index contributed by atoms with van der Waals surface area (Å²) in [5.41, 5.74) is 5.19. The highest BCUT2D eigenvalue weighted by Crippen LogP contribution is 1.87. The van der Waals surface area contributed by atoms with Crippen molar-refractivity contribution >= 4 is 11.8 Å². The first-order valence-corrected chi connectivity index (χ1v) is 3.20. The summed E-state index contributed by atoms with van der Waals surface area (Å²) in [5.74, 6) is -1.14. The topological polar surface area (TPSA) is 92.4 Å². The maximum absolute atomic E-state index is 10.8. The van der Waals surface area contributed by atoms with E-state index in [-0.39, 0.29) is 0 Å². The summed E-state index contributed by atoms with van der Waals surface area (Å²) in [4.78, 5) is 21.1. The SMILES string of the molecule is CC(=O)NC(=O)[C@@H](N)[C@@H](C)O. The molecule has 0 saturated heterocycles. The number of aliphatic hydroxyl groups is 1. The van der Waals surface area contributed by atoms with Gasteiger partial charge >= 0.3 is 0 Å². The van der Waals surface area contributed by atoms with Crippen LogP contribution in [0.2, 0.25) is 0 Å². The Bertz CT molecular complexity index is 167. The zero-order valence-electron chi connectivity index (χ0n) is 6.50. The normalized spacial score (nSPS) is 15.3. The van der Waals surface area contributed by atoms with Crippen LogP contribution < -0.4 is 11.1 Å². The quantitative estimate of drug-likeness (QED) is 0.451. The number of hydrogen-bond acceptors (Lipinski definition) is 4. The third-order valence-electron chi connectivity index (χ3n) is 1.12. The average Bonchev–Trinajstić information content (AvgIpc) is 1.84. The van der Waals surface area contributed by atoms with E-state index < -0.39 is 24.0 Å². The van der Waals surface area contributed by atoms with Crippen molar-refractivity contribution in [1.82, 2.24) is 5.32 Å². The molecule has 0 spiro atoms. The molecule has 2 atom stereocenters. The van der Waals surface area contributed by atoms with Crippen LogP contribution in [0, 0.1) is 0 Å². The Morgan fingerprint density at radius 2 is 2.00 bits per heavy atom. The van der Waals surface area contributed by atoms with Gasteiger partial charge in [-0.25, -0.2) is 0 Å². The highest BCUT2D eigenvalue weighted by molar-refractivity contribution is 5.96. The van der Waals surface area contributed by atoms with E-state index in [1.54, 1.807) is 0 Å². The molecule has 5 heteroatoms. The van der Waals surface area contributed by atoms with Crippen LogP contribution in [0.1, 0.15) is 13.8 Å². The first-order chi connectivity index (χ1) is 4.95. The summed E-state index contributed by atoms with van der Waals surface area (Å²) in [6.07, 6.45) is -0.950. The molecule has 0 aromatic carbocycles. The van der Waals surface area contributed by atoms with Gasteiger partial charge in [0.05, 0.1) is 6.10 Å². The third kappa shape index (κ3) is 3.69. The van der Waals surface area contributed by atoms with E-state index in [0.717, 1.165) is 0 Å². The van der Waals surface area contributed by atoms with Crippen LogP contribution in [0.25, 0.3) is 0 Å². The van der Waals surface area contributed by atoms with E-state index in [0.29, 0.717) is 0 Å². The molecule has 0 heterocycles. The summed E-state index contributed by atoms with van der Waals surface area (Å²) in [6, 6.07) is -1.04. The van der Waals surface area contributed by atoms with Gasteiger partial charge in [0.25, 0.3) is 0 Å². The summed E-state index contributed by atoms with van der Waals surface area (Å²) in [5, 5.41) is 10.8. The molecular weight excluding hydrogens is 148 g/mol. The molecule has 11 heavy (non-hydrogen) atoms. The Balaban J connectivity index is 3.93. The maximum Gasteiger partial charge on any atom is 0.246 e. The number of amides is 2. The molecule has 4 N–H and O–H groups in total. The molecule has 0 bridgehead atoms. The van der Waals surface area contributed by atoms with E-state index in [2.05, 4.69) is 0 Å². The average molecular weight is 160 g/mol. The van der Waals surface area contributed by atoms with Gasteiger partial charge in [0.2, 0.25) is 11.8 Å². The van der Waals surface area contributed by atoms with Gasteiger partial charge in [-0.3, -0.25) is 14.9 Å². The third-order valence-corrected chi connectivity index (χ3v) is 1.12. The van der Waals surface area contributed by atoms with Gasteiger partial charge in [-0.05, 0) is 6.92 Å². The highest BCUT2D eigenvalue weighted by Gasteiger charge is 2.18. The Labute approximate surface area is 64.6 Å². The molecule has 2 amide bonds. The molecule has 0 aromatic heterocycles. The number of aliphatic hydroxyl groups excluding tert-OH is 1. The lowest BCUT2D eigenvalue weighted by Gasteiger charge is -2.12. The van der Waals surface area contributed by atoms with E-state index >= 15 is 0 Å². The summed E-state index contributed by atoms with van der Waals surface area (Å²) in [7, 11) is 0. The van der Waals surface area contributed by atoms with Crippen molar-refractivity contribution in [2.45, 2.75) is 26.0 Å². The van der Waals surface area contributed by atoms with Crippen molar-refractivity contribution in [2.24, 2.45) is 5.73 Å². The lowest BCUT2D eigenvalue weighted by Crippen LogP contribution is -2.48. The van der Waals surface area contributed by atoms with Gasteiger partial charge < -0.3 is 10.8 Å². The predicted octanol–water partition coefficient (Wildman–Crippen LogP) is -1.64. The molecular formula is C6H12N2O3. The van der Waals surface area contributed by atoms with Gasteiger partial charge in [-0.1, -0.05) is 0 Å². The van der Waals surface area contributed by atoms with Gasteiger partial charge in [-0.2, -0.15) is 0 Å². The van der Waals surface area contributed by atoms with Crippen LogP contribution in [-0.4, -0.2) is 29.1 Å². The van der Waals surface area contributed by atoms with Crippen molar-refractivity contribution in [3.05, 3.63) is 0 Å². The zero-order valence-corrected chi connectivity index (χ0v) is 6.50. The zero-order chi connectivity index (χ0) is 9.02. The molecule has 0 fully saturated rings. The van der Waals surface area contributed by atoms with Crippen molar-refractivity contribution in [3.63, 3.8) is 0 Å². The Hall–Kier alpha value is -0.940. The molecule has 0 aliphatic rings. The molecule has 0 rings (SSSR count). The van der Waals surface area contributed by atoms with E-state index in [9.17, 15) is 9.59 Å². The first-order valence-electron chi connectivity index (χ1n) is 3.20. The maximum atomic E-state index is 10.8. The minimum atomic E-state index is -1.04. The van der Waals surface area contributed by atoms with Crippen molar-refractivity contribution in [3.8, 4) is 0 Å². The second kappa shape index (κ2) is 4.05. The van der Waals surface area contributed by atoms with Crippen LogP contribution >= 0.6 is 0 Å². The summed E-state index contributed by atoms with van der Waals surface area (Å²) in [6.45, 7) is 2.58. The fourth-order valence-electron chi connectivity index (χ4n) is 0.476. The van der Waals surface area contributed by atoms with Gasteiger partial charge in [0.15, 0.2) is 0 Å². The van der Waals surface area contributed by atoms with Crippen LogP contribution in [0.4, 0.5) is 0 Å².